The molecule has 10 nitrogen and oxygen atoms in total. The van der Waals surface area contributed by atoms with Gasteiger partial charge >= 0.3 is 12.1 Å². The van der Waals surface area contributed by atoms with Crippen molar-refractivity contribution < 1.29 is 51.3 Å². The number of esters is 1. The second-order valence-corrected chi connectivity index (χ2v) is 12.9. The largest absolute Gasteiger partial charge is 0.456 e. The second-order valence-electron chi connectivity index (χ2n) is 6.85. The number of carbonyl (C=O) groups excluding carboxylic acids is 1. The third-order valence-electron chi connectivity index (χ3n) is 4.90. The summed E-state index contributed by atoms with van der Waals surface area (Å²) in [6.07, 6.45) is -4.66. The Morgan fingerprint density at radius 2 is 1.78 bits per heavy atom. The Bertz CT molecular complexity index is 1270. The normalized spacial score (nSPS) is 30.2. The molecule has 0 aromatic heterocycles. The fraction of sp³-hybridized carbons (Fsp3) is 0.188. The van der Waals surface area contributed by atoms with Crippen LogP contribution in [-0.4, -0.2) is 31.2 Å². The van der Waals surface area contributed by atoms with Crippen molar-refractivity contribution in [1.29, 1.82) is 0 Å². The zero-order valence-corrected chi connectivity index (χ0v) is 17.7. The summed E-state index contributed by atoms with van der Waals surface area (Å²) in [6, 6.07) is 4.79. The van der Waals surface area contributed by atoms with E-state index in [1.807, 2.05) is 0 Å². The standard InChI is InChI=1S/C16H9ClF3NO9P2/c17-10-5-7(15(18,19)20)1-4-12(10)29-8-2-3-11(21(23)24)9(6-8)13(22)30-16-14(31(16,25)26)32(16,27)28/h1-6,14H,(H,25,26)(H,27,28). The van der Waals surface area contributed by atoms with Crippen LogP contribution in [0.5, 0.6) is 11.5 Å². The molecular weight excluding hydrogens is 505 g/mol. The number of benzene rings is 2. The van der Waals surface area contributed by atoms with Gasteiger partial charge in [0, 0.05) is 12.1 Å². The van der Waals surface area contributed by atoms with Crippen molar-refractivity contribution in [3.8, 4) is 11.5 Å². The van der Waals surface area contributed by atoms with E-state index in [1.54, 1.807) is 0 Å². The number of ether oxygens (including phenoxy) is 2. The number of fused-ring (bicyclic) bond motifs is 1. The van der Waals surface area contributed by atoms with E-state index in [4.69, 9.17) is 21.1 Å². The zero-order chi connectivity index (χ0) is 23.9. The van der Waals surface area contributed by atoms with Crippen LogP contribution in [0.1, 0.15) is 15.9 Å². The topological polar surface area (TPSA) is 153 Å². The number of nitro groups is 1. The summed E-state index contributed by atoms with van der Waals surface area (Å²) in [7, 11) is -8.41. The van der Waals surface area contributed by atoms with Crippen molar-refractivity contribution in [2.75, 3.05) is 0 Å². The summed E-state index contributed by atoms with van der Waals surface area (Å²) < 4.78 is 71.8. The fourth-order valence-corrected chi connectivity index (χ4v) is 11.3. The van der Waals surface area contributed by atoms with E-state index in [0.717, 1.165) is 24.3 Å². The third-order valence-corrected chi connectivity index (χ3v) is 13.2. The number of hydrogen-bond donors (Lipinski definition) is 2. The molecule has 0 saturated carbocycles. The van der Waals surface area contributed by atoms with Crippen molar-refractivity contribution in [1.82, 2.24) is 0 Å². The second kappa shape index (κ2) is 6.79. The van der Waals surface area contributed by atoms with Crippen LogP contribution < -0.4 is 4.74 Å². The zero-order valence-electron chi connectivity index (χ0n) is 15.1. The summed E-state index contributed by atoms with van der Waals surface area (Å²) in [6.45, 7) is 0. The number of hydrogen-bond acceptors (Lipinski definition) is 7. The van der Waals surface area contributed by atoms with Gasteiger partial charge in [-0.15, -0.1) is 0 Å². The van der Waals surface area contributed by atoms with Gasteiger partial charge < -0.3 is 19.3 Å². The molecule has 2 aliphatic heterocycles. The summed E-state index contributed by atoms with van der Waals surface area (Å²) >= 11 is 5.79. The average Bonchev–Trinajstić information content (AvgIpc) is 3.41. The van der Waals surface area contributed by atoms with Gasteiger partial charge in [-0.2, -0.15) is 13.2 Å². The van der Waals surface area contributed by atoms with E-state index >= 15 is 0 Å². The van der Waals surface area contributed by atoms with Crippen molar-refractivity contribution in [2.45, 2.75) is 16.7 Å². The van der Waals surface area contributed by atoms with Gasteiger partial charge in [0.05, 0.1) is 15.5 Å². The molecule has 2 aromatic carbocycles. The molecule has 0 spiro atoms. The molecule has 32 heavy (non-hydrogen) atoms. The predicted octanol–water partition coefficient (Wildman–Crippen LogP) is 4.76. The molecular formula is C16H9ClF3NO9P2. The average molecular weight is 514 g/mol. The van der Waals surface area contributed by atoms with Gasteiger partial charge in [-0.3, -0.25) is 19.2 Å². The molecule has 2 aromatic rings. The minimum atomic E-state index is -4.66. The Morgan fingerprint density at radius 1 is 1.16 bits per heavy atom. The van der Waals surface area contributed by atoms with E-state index in [0.29, 0.717) is 12.1 Å². The van der Waals surface area contributed by atoms with Crippen LogP contribution in [0.25, 0.3) is 0 Å². The van der Waals surface area contributed by atoms with Gasteiger partial charge in [0.2, 0.25) is 0 Å². The Kier molecular flexibility index (Phi) is 4.83. The van der Waals surface area contributed by atoms with Gasteiger partial charge in [-0.1, -0.05) is 11.6 Å². The molecule has 0 aliphatic carbocycles. The van der Waals surface area contributed by atoms with Crippen LogP contribution in [0.15, 0.2) is 36.4 Å². The molecule has 170 valence electrons. The maximum Gasteiger partial charge on any atom is 0.416 e. The van der Waals surface area contributed by atoms with Crippen LogP contribution >= 0.6 is 26.3 Å². The fourth-order valence-electron chi connectivity index (χ4n) is 3.19. The molecule has 2 saturated heterocycles. The summed E-state index contributed by atoms with van der Waals surface area (Å²) in [5.41, 5.74) is -2.63. The number of rotatable bonds is 5. The first-order valence-corrected chi connectivity index (χ1v) is 12.2. The van der Waals surface area contributed by atoms with Crippen molar-refractivity contribution >= 4 is 38.0 Å². The lowest BCUT2D eigenvalue weighted by atomic mass is 10.1. The minimum Gasteiger partial charge on any atom is -0.456 e. The minimum absolute atomic E-state index is 0.268. The first-order valence-electron chi connectivity index (χ1n) is 8.36. The Labute approximate surface area is 180 Å². The highest BCUT2D eigenvalue weighted by atomic mass is 35.5. The molecule has 0 bridgehead atoms. The first-order chi connectivity index (χ1) is 14.6. The number of halogens is 4. The highest BCUT2D eigenvalue weighted by Crippen LogP contribution is 3.15. The highest BCUT2D eigenvalue weighted by Gasteiger charge is 3.09. The highest BCUT2D eigenvalue weighted by molar-refractivity contribution is 8.07. The predicted molar refractivity (Wildman–Crippen MR) is 101 cm³/mol. The Hall–Kier alpha value is -2.43. The number of carbonyl (C=O) groups is 1. The molecule has 2 unspecified atom stereocenters. The lowest BCUT2D eigenvalue weighted by Crippen LogP contribution is -2.14. The maximum absolute atomic E-state index is 12.8. The Morgan fingerprint density at radius 3 is 2.25 bits per heavy atom. The molecule has 0 radical (unpaired) electrons. The molecule has 2 heterocycles. The van der Waals surface area contributed by atoms with Gasteiger partial charge in [0.15, 0.2) is 5.40 Å². The monoisotopic (exact) mass is 513 g/mol. The maximum atomic E-state index is 12.8. The summed E-state index contributed by atoms with van der Waals surface area (Å²) in [5.74, 6) is -2.07. The summed E-state index contributed by atoms with van der Waals surface area (Å²) in [5, 5.41) is 6.73. The van der Waals surface area contributed by atoms with Gasteiger partial charge in [0.1, 0.15) is 17.1 Å². The summed E-state index contributed by atoms with van der Waals surface area (Å²) in [4.78, 5) is 41.9. The third kappa shape index (κ3) is 3.15. The van der Waals surface area contributed by atoms with Crippen molar-refractivity contribution in [3.63, 3.8) is 0 Å². The van der Waals surface area contributed by atoms with Crippen LogP contribution in [0.3, 0.4) is 0 Å². The molecule has 4 rings (SSSR count). The lowest BCUT2D eigenvalue weighted by Gasteiger charge is -2.13. The number of nitrogens with zero attached hydrogens (tertiary/aromatic N) is 1. The van der Waals surface area contributed by atoms with Gasteiger partial charge in [-0.25, -0.2) is 4.79 Å². The number of alkyl halides is 3. The van der Waals surface area contributed by atoms with Crippen LogP contribution in [0.2, 0.25) is 5.02 Å². The number of nitro benzene ring substituents is 1. The molecule has 16 heteroatoms. The van der Waals surface area contributed by atoms with Gasteiger partial charge in [-0.05, 0) is 24.3 Å². The van der Waals surface area contributed by atoms with E-state index in [2.05, 4.69) is 0 Å². The Balaban J connectivity index is 1.64. The molecule has 2 fully saturated rings. The molecule has 2 N–H and O–H groups in total. The smallest absolute Gasteiger partial charge is 0.416 e. The van der Waals surface area contributed by atoms with Crippen molar-refractivity contribution in [2.24, 2.45) is 0 Å². The molecule has 2 atom stereocenters. The van der Waals surface area contributed by atoms with Crippen molar-refractivity contribution in [3.05, 3.63) is 62.7 Å². The first kappa shape index (κ1) is 22.8. The van der Waals surface area contributed by atoms with Crippen LogP contribution in [0.4, 0.5) is 18.9 Å². The van der Waals surface area contributed by atoms with Crippen LogP contribution in [0, 0.1) is 10.1 Å². The van der Waals surface area contributed by atoms with E-state index in [-0.39, 0.29) is 11.5 Å². The molecule has 0 amide bonds. The van der Waals surface area contributed by atoms with E-state index < -0.39 is 64.1 Å². The SMILES string of the molecule is O=C(OC12C(P1(=O)O)P2(=O)O)c1cc(Oc2ccc(C(F)(F)F)cc2Cl)ccc1[N+](=O)[O-]. The lowest BCUT2D eigenvalue weighted by molar-refractivity contribution is -0.385. The molecule has 2 aliphatic rings. The van der Waals surface area contributed by atoms with Crippen LogP contribution in [-0.2, 0) is 20.0 Å². The van der Waals surface area contributed by atoms with E-state index in [9.17, 15) is 47.0 Å². The quantitative estimate of drug-likeness (QED) is 0.249. The van der Waals surface area contributed by atoms with E-state index in [1.165, 1.54) is 0 Å². The van der Waals surface area contributed by atoms with Gasteiger partial charge in [0.25, 0.3) is 25.5 Å².